The summed E-state index contributed by atoms with van der Waals surface area (Å²) in [5.74, 6) is 0.721. The molecule has 0 unspecified atom stereocenters. The molecule has 3 nitrogen and oxygen atoms in total. The molecule has 12 heavy (non-hydrogen) atoms. The van der Waals surface area contributed by atoms with Crippen molar-refractivity contribution < 1.29 is 0 Å². The van der Waals surface area contributed by atoms with E-state index in [1.165, 1.54) is 0 Å². The molecule has 1 heterocycles. The van der Waals surface area contributed by atoms with Crippen molar-refractivity contribution in [3.05, 3.63) is 0 Å². The minimum Gasteiger partial charge on any atom is -0.387 e. The second kappa shape index (κ2) is 3.90. The molecular formula is C9H19N3. The molecule has 0 amide bonds. The average molecular weight is 169 g/mol. The Morgan fingerprint density at radius 1 is 1.42 bits per heavy atom. The van der Waals surface area contributed by atoms with E-state index in [9.17, 15) is 0 Å². The maximum Gasteiger partial charge on any atom is 0.0937 e. The first-order chi connectivity index (χ1) is 5.61. The Kier molecular flexibility index (Phi) is 3.09. The van der Waals surface area contributed by atoms with Crippen LogP contribution in [0.25, 0.3) is 0 Å². The summed E-state index contributed by atoms with van der Waals surface area (Å²) in [7, 11) is 0. The van der Waals surface area contributed by atoms with Gasteiger partial charge in [-0.25, -0.2) is 0 Å². The van der Waals surface area contributed by atoms with Crippen LogP contribution >= 0.6 is 0 Å². The van der Waals surface area contributed by atoms with E-state index in [-0.39, 0.29) is 0 Å². The quantitative estimate of drug-likeness (QED) is 0.479. The molecule has 0 bridgehead atoms. The van der Waals surface area contributed by atoms with Gasteiger partial charge in [-0.05, 0) is 39.8 Å². The number of piperidine rings is 1. The van der Waals surface area contributed by atoms with Crippen LogP contribution in [0.5, 0.6) is 0 Å². The molecule has 0 radical (unpaired) electrons. The predicted molar refractivity (Wildman–Crippen MR) is 51.3 cm³/mol. The number of likely N-dealkylation sites (tertiary alicyclic amines) is 1. The maximum absolute atomic E-state index is 7.32. The van der Waals surface area contributed by atoms with Crippen LogP contribution in [-0.2, 0) is 0 Å². The first-order valence-electron chi connectivity index (χ1n) is 4.69. The number of rotatable bonds is 2. The monoisotopic (exact) mass is 169 g/mol. The van der Waals surface area contributed by atoms with E-state index in [1.807, 2.05) is 0 Å². The molecule has 1 aliphatic heterocycles. The molecule has 0 spiro atoms. The van der Waals surface area contributed by atoms with E-state index < -0.39 is 0 Å². The van der Waals surface area contributed by atoms with Crippen LogP contribution in [0, 0.1) is 11.3 Å². The van der Waals surface area contributed by atoms with E-state index in [4.69, 9.17) is 11.1 Å². The van der Waals surface area contributed by atoms with Crippen LogP contribution in [0.1, 0.15) is 26.7 Å². The van der Waals surface area contributed by atoms with Gasteiger partial charge in [0.05, 0.1) is 5.84 Å². The van der Waals surface area contributed by atoms with Crippen LogP contribution in [0.3, 0.4) is 0 Å². The third-order valence-electron chi connectivity index (χ3n) is 2.70. The maximum atomic E-state index is 7.32. The standard InChI is InChI=1S/C9H19N3/c1-7(2)12-5-3-8(4-6-12)9(10)11/h7-8H,3-6H2,1-2H3,(H3,10,11). The Labute approximate surface area is 74.4 Å². The largest absolute Gasteiger partial charge is 0.387 e. The van der Waals surface area contributed by atoms with Crippen molar-refractivity contribution in [3.8, 4) is 0 Å². The molecule has 3 heteroatoms. The third kappa shape index (κ3) is 2.21. The number of nitrogens with one attached hydrogen (secondary N) is 1. The van der Waals surface area contributed by atoms with Crippen molar-refractivity contribution in [2.45, 2.75) is 32.7 Å². The molecule has 0 aromatic carbocycles. The molecule has 3 N–H and O–H groups in total. The summed E-state index contributed by atoms with van der Waals surface area (Å²) in [5.41, 5.74) is 5.45. The lowest BCUT2D eigenvalue weighted by atomic mass is 9.95. The Hall–Kier alpha value is -0.570. The van der Waals surface area contributed by atoms with Crippen molar-refractivity contribution in [3.63, 3.8) is 0 Å². The van der Waals surface area contributed by atoms with Gasteiger partial charge >= 0.3 is 0 Å². The van der Waals surface area contributed by atoms with Gasteiger partial charge in [-0.2, -0.15) is 0 Å². The van der Waals surface area contributed by atoms with Gasteiger partial charge in [0.15, 0.2) is 0 Å². The van der Waals surface area contributed by atoms with Gasteiger partial charge in [0.25, 0.3) is 0 Å². The minimum atomic E-state index is 0.347. The highest BCUT2D eigenvalue weighted by molar-refractivity contribution is 5.79. The normalized spacial score (nSPS) is 21.6. The summed E-state index contributed by atoms with van der Waals surface area (Å²) in [4.78, 5) is 2.44. The number of nitrogens with two attached hydrogens (primary N) is 1. The highest BCUT2D eigenvalue weighted by Crippen LogP contribution is 2.18. The van der Waals surface area contributed by atoms with E-state index in [2.05, 4.69) is 18.7 Å². The van der Waals surface area contributed by atoms with Gasteiger partial charge in [-0.1, -0.05) is 0 Å². The van der Waals surface area contributed by atoms with Gasteiger partial charge < -0.3 is 10.6 Å². The Morgan fingerprint density at radius 2 is 1.92 bits per heavy atom. The first-order valence-corrected chi connectivity index (χ1v) is 4.69. The fraction of sp³-hybridized carbons (Fsp3) is 0.889. The number of hydrogen-bond acceptors (Lipinski definition) is 2. The zero-order valence-electron chi connectivity index (χ0n) is 8.01. The van der Waals surface area contributed by atoms with Crippen LogP contribution in [0.4, 0.5) is 0 Å². The summed E-state index contributed by atoms with van der Waals surface area (Å²) >= 11 is 0. The fourth-order valence-corrected chi connectivity index (χ4v) is 1.73. The van der Waals surface area contributed by atoms with Crippen molar-refractivity contribution in [1.82, 2.24) is 4.90 Å². The molecule has 1 fully saturated rings. The average Bonchev–Trinajstić information content (AvgIpc) is 2.04. The lowest BCUT2D eigenvalue weighted by Crippen LogP contribution is -2.41. The first kappa shape index (κ1) is 9.52. The van der Waals surface area contributed by atoms with Gasteiger partial charge in [-0.15, -0.1) is 0 Å². The van der Waals surface area contributed by atoms with E-state index in [1.54, 1.807) is 0 Å². The Balaban J connectivity index is 2.34. The van der Waals surface area contributed by atoms with Crippen molar-refractivity contribution >= 4 is 5.84 Å². The van der Waals surface area contributed by atoms with Gasteiger partial charge in [0, 0.05) is 12.0 Å². The number of nitrogens with zero attached hydrogens (tertiary/aromatic N) is 1. The molecule has 0 atom stereocenters. The fourth-order valence-electron chi connectivity index (χ4n) is 1.73. The summed E-state index contributed by atoms with van der Waals surface area (Å²) in [6, 6.07) is 0.637. The zero-order chi connectivity index (χ0) is 9.14. The predicted octanol–water partition coefficient (Wildman–Crippen LogP) is 1.04. The molecule has 1 rings (SSSR count). The molecule has 0 aromatic heterocycles. The van der Waals surface area contributed by atoms with Crippen molar-refractivity contribution in [2.75, 3.05) is 13.1 Å². The van der Waals surface area contributed by atoms with E-state index in [0.717, 1.165) is 25.9 Å². The van der Waals surface area contributed by atoms with E-state index in [0.29, 0.717) is 17.8 Å². The SMILES string of the molecule is CC(C)N1CCC(C(=N)N)CC1. The van der Waals surface area contributed by atoms with Gasteiger partial charge in [0.2, 0.25) is 0 Å². The molecule has 1 saturated heterocycles. The van der Waals surface area contributed by atoms with Crippen LogP contribution in [0.15, 0.2) is 0 Å². The second-order valence-electron chi connectivity index (χ2n) is 3.86. The summed E-state index contributed by atoms with van der Waals surface area (Å²) in [5, 5.41) is 7.32. The molecule has 0 aliphatic carbocycles. The molecule has 0 saturated carbocycles. The highest BCUT2D eigenvalue weighted by Gasteiger charge is 2.22. The minimum absolute atomic E-state index is 0.347. The van der Waals surface area contributed by atoms with Gasteiger partial charge in [0.1, 0.15) is 0 Å². The van der Waals surface area contributed by atoms with Crippen LogP contribution in [0.2, 0.25) is 0 Å². The highest BCUT2D eigenvalue weighted by atomic mass is 15.1. The Bertz CT molecular complexity index is 157. The van der Waals surface area contributed by atoms with Crippen LogP contribution in [-0.4, -0.2) is 29.9 Å². The van der Waals surface area contributed by atoms with Crippen molar-refractivity contribution in [2.24, 2.45) is 11.7 Å². The lowest BCUT2D eigenvalue weighted by molar-refractivity contribution is 0.169. The van der Waals surface area contributed by atoms with E-state index >= 15 is 0 Å². The van der Waals surface area contributed by atoms with Gasteiger partial charge in [-0.3, -0.25) is 5.41 Å². The van der Waals surface area contributed by atoms with Crippen molar-refractivity contribution in [1.29, 1.82) is 5.41 Å². The third-order valence-corrected chi connectivity index (χ3v) is 2.70. The summed E-state index contributed by atoms with van der Waals surface area (Å²) < 4.78 is 0. The number of hydrogen-bond donors (Lipinski definition) is 2. The second-order valence-corrected chi connectivity index (χ2v) is 3.86. The molecular weight excluding hydrogens is 150 g/mol. The zero-order valence-corrected chi connectivity index (χ0v) is 8.01. The van der Waals surface area contributed by atoms with Crippen LogP contribution < -0.4 is 5.73 Å². The lowest BCUT2D eigenvalue weighted by Gasteiger charge is -2.33. The molecule has 1 aliphatic rings. The molecule has 0 aromatic rings. The smallest absolute Gasteiger partial charge is 0.0937 e. The topological polar surface area (TPSA) is 53.1 Å². The summed E-state index contributed by atoms with van der Waals surface area (Å²) in [6.45, 7) is 6.63. The summed E-state index contributed by atoms with van der Waals surface area (Å²) in [6.07, 6.45) is 2.13. The Morgan fingerprint density at radius 3 is 2.25 bits per heavy atom. The number of amidine groups is 1. The molecule has 70 valence electrons.